The highest BCUT2D eigenvalue weighted by molar-refractivity contribution is 6.25. The first-order chi connectivity index (χ1) is 24.8. The lowest BCUT2D eigenvalue weighted by Gasteiger charge is -2.24. The molecule has 0 aliphatic heterocycles. The van der Waals surface area contributed by atoms with Gasteiger partial charge < -0.3 is 0 Å². The van der Waals surface area contributed by atoms with Gasteiger partial charge in [0.15, 0.2) is 0 Å². The summed E-state index contributed by atoms with van der Waals surface area (Å²) in [5.41, 5.74) is 15.8. The van der Waals surface area contributed by atoms with Crippen LogP contribution in [0.3, 0.4) is 0 Å². The third kappa shape index (κ3) is 4.12. The molecule has 2 aliphatic carbocycles. The topological polar surface area (TPSA) is 0 Å². The highest BCUT2D eigenvalue weighted by Gasteiger charge is 2.21. The number of rotatable bonds is 4. The van der Waals surface area contributed by atoms with Gasteiger partial charge >= 0.3 is 0 Å². The van der Waals surface area contributed by atoms with E-state index in [0.717, 1.165) is 12.8 Å². The molecular formula is C50H32. The molecule has 0 amide bonds. The van der Waals surface area contributed by atoms with E-state index in [1.807, 2.05) is 0 Å². The van der Waals surface area contributed by atoms with Crippen LogP contribution in [-0.2, 0) is 6.42 Å². The van der Waals surface area contributed by atoms with Gasteiger partial charge in [-0.1, -0.05) is 164 Å². The lowest BCUT2D eigenvalue weighted by Crippen LogP contribution is -2.03. The molecule has 0 heteroatoms. The Kier molecular flexibility index (Phi) is 5.89. The smallest absolute Gasteiger partial charge is 0.00206 e. The van der Waals surface area contributed by atoms with Gasteiger partial charge in [-0.05, 0) is 129 Å². The summed E-state index contributed by atoms with van der Waals surface area (Å²) < 4.78 is 0. The largest absolute Gasteiger partial charge is 0.0795 e. The fourth-order valence-corrected chi connectivity index (χ4v) is 8.82. The van der Waals surface area contributed by atoms with Crippen LogP contribution in [0.25, 0.3) is 99.2 Å². The minimum absolute atomic E-state index is 1.02. The second-order valence-corrected chi connectivity index (χ2v) is 14.0. The van der Waals surface area contributed by atoms with Crippen molar-refractivity contribution < 1.29 is 0 Å². The van der Waals surface area contributed by atoms with Crippen molar-refractivity contribution in [2.45, 2.75) is 12.8 Å². The molecule has 9 aromatic rings. The molecule has 0 saturated heterocycles. The minimum Gasteiger partial charge on any atom is -0.0795 e. The van der Waals surface area contributed by atoms with Crippen molar-refractivity contribution in [3.63, 3.8) is 0 Å². The van der Waals surface area contributed by atoms with E-state index in [0.29, 0.717) is 0 Å². The number of hydrogen-bond acceptors (Lipinski definition) is 0. The van der Waals surface area contributed by atoms with Crippen LogP contribution in [0.5, 0.6) is 0 Å². The molecule has 232 valence electrons. The van der Waals surface area contributed by atoms with Crippen LogP contribution >= 0.6 is 0 Å². The summed E-state index contributed by atoms with van der Waals surface area (Å²) in [5, 5.41) is 10.8. The molecule has 0 nitrogen and oxygen atoms in total. The van der Waals surface area contributed by atoms with Gasteiger partial charge in [0.2, 0.25) is 0 Å². The zero-order chi connectivity index (χ0) is 32.8. The van der Waals surface area contributed by atoms with Gasteiger partial charge in [-0.15, -0.1) is 0 Å². The standard InChI is InChI=1S/C50H32/c1-4-35-18-20-39-22-26-43(45-28-24-37(6-1)47(35)49(39)45)34-16-14-32(15-17-34)31-10-12-33(13-11-31)41-8-3-9-42(30-41)44-27-23-40-21-19-36-5-2-7-38-25-29-46(44)50(40)48(36)38/h1-4,6-20,22-30H,5,21H2. The Bertz CT molecular complexity index is 2860. The maximum absolute atomic E-state index is 2.43. The van der Waals surface area contributed by atoms with Crippen LogP contribution in [-0.4, -0.2) is 0 Å². The average molecular weight is 633 g/mol. The first-order valence-corrected chi connectivity index (χ1v) is 17.7. The summed E-state index contributed by atoms with van der Waals surface area (Å²) in [7, 11) is 0. The van der Waals surface area contributed by atoms with Gasteiger partial charge in [0.05, 0.1) is 0 Å². The van der Waals surface area contributed by atoms with Gasteiger partial charge in [-0.3, -0.25) is 0 Å². The maximum Gasteiger partial charge on any atom is -0.00206 e. The second-order valence-electron chi connectivity index (χ2n) is 14.0. The first-order valence-electron chi connectivity index (χ1n) is 17.7. The van der Waals surface area contributed by atoms with Gasteiger partial charge in [0.1, 0.15) is 0 Å². The molecule has 0 spiro atoms. The van der Waals surface area contributed by atoms with E-state index in [4.69, 9.17) is 0 Å². The lowest BCUT2D eigenvalue weighted by atomic mass is 9.80. The van der Waals surface area contributed by atoms with Crippen molar-refractivity contribution in [1.29, 1.82) is 0 Å². The van der Waals surface area contributed by atoms with E-state index < -0.39 is 0 Å². The Labute approximate surface area is 291 Å². The SMILES string of the molecule is C1=Cc2ccc3c(-c4cccc(-c5ccc(-c6ccc(-c7ccc8ccc9cccc%10ccc7c8c9%10)cc6)cc5)c4)ccc4c3c2C(=CC4)C1. The van der Waals surface area contributed by atoms with Crippen LogP contribution in [0.1, 0.15) is 23.1 Å². The highest BCUT2D eigenvalue weighted by atomic mass is 14.2. The van der Waals surface area contributed by atoms with Crippen LogP contribution in [0.15, 0.2) is 164 Å². The van der Waals surface area contributed by atoms with Crippen LogP contribution < -0.4 is 0 Å². The predicted molar refractivity (Wildman–Crippen MR) is 215 cm³/mol. The third-order valence-corrected chi connectivity index (χ3v) is 11.3. The second kappa shape index (κ2) is 10.6. The van der Waals surface area contributed by atoms with E-state index in [1.165, 1.54) is 110 Å². The Morgan fingerprint density at radius 3 is 1.76 bits per heavy atom. The first kappa shape index (κ1) is 27.7. The molecular weight excluding hydrogens is 601 g/mol. The van der Waals surface area contributed by atoms with E-state index in [1.54, 1.807) is 0 Å². The lowest BCUT2D eigenvalue weighted by molar-refractivity contribution is 1.23. The van der Waals surface area contributed by atoms with Crippen molar-refractivity contribution in [1.82, 2.24) is 0 Å². The monoisotopic (exact) mass is 632 g/mol. The van der Waals surface area contributed by atoms with E-state index in [9.17, 15) is 0 Å². The molecule has 0 bridgehead atoms. The van der Waals surface area contributed by atoms with Gasteiger partial charge in [-0.2, -0.15) is 0 Å². The summed E-state index contributed by atoms with van der Waals surface area (Å²) in [5.74, 6) is 0. The number of benzene rings is 9. The molecule has 0 saturated carbocycles. The van der Waals surface area contributed by atoms with Crippen molar-refractivity contribution in [2.75, 3.05) is 0 Å². The third-order valence-electron chi connectivity index (χ3n) is 11.3. The molecule has 0 radical (unpaired) electrons. The minimum atomic E-state index is 1.02. The zero-order valence-corrected chi connectivity index (χ0v) is 27.6. The maximum atomic E-state index is 2.43. The predicted octanol–water partition coefficient (Wildman–Crippen LogP) is 13.8. The summed E-state index contributed by atoms with van der Waals surface area (Å²) >= 11 is 0. The molecule has 9 aromatic carbocycles. The highest BCUT2D eigenvalue weighted by Crippen LogP contribution is 2.44. The molecule has 2 aliphatic rings. The fourth-order valence-electron chi connectivity index (χ4n) is 8.82. The number of hydrogen-bond donors (Lipinski definition) is 0. The molecule has 11 rings (SSSR count). The quantitative estimate of drug-likeness (QED) is 0.169. The van der Waals surface area contributed by atoms with E-state index >= 15 is 0 Å². The van der Waals surface area contributed by atoms with E-state index in [2.05, 4.69) is 170 Å². The van der Waals surface area contributed by atoms with Gasteiger partial charge in [0.25, 0.3) is 0 Å². The average Bonchev–Trinajstić information content (AvgIpc) is 3.19. The van der Waals surface area contributed by atoms with Gasteiger partial charge in [0, 0.05) is 0 Å². The summed E-state index contributed by atoms with van der Waals surface area (Å²) in [6.07, 6.45) is 9.07. The van der Waals surface area contributed by atoms with Crippen LogP contribution in [0.4, 0.5) is 0 Å². The fraction of sp³-hybridized carbons (Fsp3) is 0.0400. The molecule has 0 atom stereocenters. The van der Waals surface area contributed by atoms with Crippen LogP contribution in [0, 0.1) is 0 Å². The van der Waals surface area contributed by atoms with E-state index in [-0.39, 0.29) is 0 Å². The van der Waals surface area contributed by atoms with Gasteiger partial charge in [-0.25, -0.2) is 0 Å². The Morgan fingerprint density at radius 2 is 0.960 bits per heavy atom. The van der Waals surface area contributed by atoms with Crippen LogP contribution in [0.2, 0.25) is 0 Å². The molecule has 0 N–H and O–H groups in total. The summed E-state index contributed by atoms with van der Waals surface area (Å²) in [4.78, 5) is 0. The van der Waals surface area contributed by atoms with Crippen molar-refractivity contribution in [3.05, 3.63) is 181 Å². The summed E-state index contributed by atoms with van der Waals surface area (Å²) in [6.45, 7) is 0. The molecule has 0 unspecified atom stereocenters. The summed E-state index contributed by atoms with van der Waals surface area (Å²) in [6, 6.07) is 56.7. The van der Waals surface area contributed by atoms with Crippen molar-refractivity contribution in [3.8, 4) is 44.5 Å². The normalized spacial score (nSPS) is 13.5. The van der Waals surface area contributed by atoms with Crippen molar-refractivity contribution in [2.24, 2.45) is 0 Å². The molecule has 0 heterocycles. The Hall–Kier alpha value is -6.24. The molecule has 50 heavy (non-hydrogen) atoms. The Balaban J connectivity index is 0.915. The van der Waals surface area contributed by atoms with Crippen molar-refractivity contribution >= 4 is 54.7 Å². The molecule has 0 fully saturated rings. The molecule has 0 aromatic heterocycles. The number of allylic oxidation sites excluding steroid dienone is 3. The zero-order valence-electron chi connectivity index (χ0n) is 27.6. The Morgan fingerprint density at radius 1 is 0.380 bits per heavy atom.